The molecule has 1 aliphatic rings. The first-order chi connectivity index (χ1) is 14.5. The van der Waals surface area contributed by atoms with Crippen LogP contribution in [0.5, 0.6) is 11.5 Å². The Morgan fingerprint density at radius 3 is 2.20 bits per heavy atom. The van der Waals surface area contributed by atoms with Gasteiger partial charge in [-0.15, -0.1) is 0 Å². The van der Waals surface area contributed by atoms with E-state index < -0.39 is 0 Å². The molecule has 0 aliphatic carbocycles. The molecule has 2 heterocycles. The number of ether oxygens (including phenoxy) is 2. The van der Waals surface area contributed by atoms with Crippen LogP contribution in [-0.4, -0.2) is 18.8 Å². The first-order valence-electron chi connectivity index (χ1n) is 9.47. The maximum atomic E-state index is 13.2. The van der Waals surface area contributed by atoms with E-state index in [2.05, 4.69) is 6.07 Å². The Morgan fingerprint density at radius 2 is 1.60 bits per heavy atom. The molecule has 6 nitrogen and oxygen atoms in total. The summed E-state index contributed by atoms with van der Waals surface area (Å²) in [4.78, 5) is 13.2. The predicted octanol–water partition coefficient (Wildman–Crippen LogP) is 3.81. The molecular weight excluding hydrogens is 378 g/mol. The number of aromatic nitrogens is 1. The highest BCUT2D eigenvalue weighted by atomic mass is 16.5. The van der Waals surface area contributed by atoms with Gasteiger partial charge in [0.2, 0.25) is 0 Å². The van der Waals surface area contributed by atoms with E-state index in [1.54, 1.807) is 20.3 Å². The van der Waals surface area contributed by atoms with Gasteiger partial charge in [-0.2, -0.15) is 10.5 Å². The van der Waals surface area contributed by atoms with E-state index in [0.29, 0.717) is 46.8 Å². The van der Waals surface area contributed by atoms with E-state index in [4.69, 9.17) is 9.47 Å². The number of rotatable bonds is 3. The number of benzene rings is 2. The van der Waals surface area contributed by atoms with Gasteiger partial charge in [-0.25, -0.2) is 0 Å². The number of nitrogens with zero attached hydrogens (tertiary/aromatic N) is 3. The second-order valence-corrected chi connectivity index (χ2v) is 7.13. The van der Waals surface area contributed by atoms with E-state index in [9.17, 15) is 15.3 Å². The maximum Gasteiger partial charge on any atom is 0.269 e. The largest absolute Gasteiger partial charge is 0.493 e. The zero-order chi connectivity index (χ0) is 21.4. The van der Waals surface area contributed by atoms with Gasteiger partial charge in [0.1, 0.15) is 17.7 Å². The van der Waals surface area contributed by atoms with E-state index >= 15 is 0 Å². The molecule has 6 heteroatoms. The van der Waals surface area contributed by atoms with Gasteiger partial charge in [0.25, 0.3) is 5.56 Å². The van der Waals surface area contributed by atoms with E-state index in [1.807, 2.05) is 43.3 Å². The highest BCUT2D eigenvalue weighted by Gasteiger charge is 2.28. The van der Waals surface area contributed by atoms with Gasteiger partial charge in [0.05, 0.1) is 25.5 Å². The van der Waals surface area contributed by atoms with Crippen LogP contribution in [-0.2, 0) is 13.0 Å². The molecule has 0 fully saturated rings. The summed E-state index contributed by atoms with van der Waals surface area (Å²) in [6, 6.07) is 15.4. The summed E-state index contributed by atoms with van der Waals surface area (Å²) >= 11 is 0. The van der Waals surface area contributed by atoms with Crippen molar-refractivity contribution in [2.75, 3.05) is 14.2 Å². The molecule has 148 valence electrons. The second kappa shape index (κ2) is 7.42. The summed E-state index contributed by atoms with van der Waals surface area (Å²) in [7, 11) is 3.11. The molecule has 0 saturated carbocycles. The number of hydrogen-bond donors (Lipinski definition) is 0. The van der Waals surface area contributed by atoms with Crippen LogP contribution in [0.25, 0.3) is 22.4 Å². The molecule has 30 heavy (non-hydrogen) atoms. The quantitative estimate of drug-likeness (QED) is 0.671. The fraction of sp³-hybridized carbons (Fsp3) is 0.208. The third kappa shape index (κ3) is 2.82. The number of methoxy groups -OCH3 is 2. The molecule has 3 aromatic rings. The molecule has 0 saturated heterocycles. The zero-order valence-corrected chi connectivity index (χ0v) is 16.9. The lowest BCUT2D eigenvalue weighted by molar-refractivity contribution is 0.354. The van der Waals surface area contributed by atoms with Crippen LogP contribution in [0.15, 0.2) is 41.2 Å². The lowest BCUT2D eigenvalue weighted by atomic mass is 9.88. The summed E-state index contributed by atoms with van der Waals surface area (Å²) in [6.45, 7) is 2.34. The first kappa shape index (κ1) is 19.3. The number of aryl methyl sites for hydroxylation is 2. The Kier molecular flexibility index (Phi) is 4.77. The number of pyridine rings is 1. The van der Waals surface area contributed by atoms with E-state index in [1.165, 1.54) is 4.57 Å². The van der Waals surface area contributed by atoms with Crippen molar-refractivity contribution in [1.29, 1.82) is 10.5 Å². The van der Waals surface area contributed by atoms with Gasteiger partial charge in [-0.05, 0) is 36.6 Å². The molecular formula is C24H19N3O3. The minimum Gasteiger partial charge on any atom is -0.493 e. The van der Waals surface area contributed by atoms with Crippen molar-refractivity contribution in [3.8, 4) is 46.0 Å². The SMILES string of the molecule is COc1cc2c(cc1OC)-c1c(C#N)c(-c3ccc(C)cc3)c(C#N)c(=O)n1CC2. The van der Waals surface area contributed by atoms with Crippen molar-refractivity contribution >= 4 is 0 Å². The van der Waals surface area contributed by atoms with Crippen molar-refractivity contribution in [1.82, 2.24) is 4.57 Å². The van der Waals surface area contributed by atoms with E-state index in [-0.39, 0.29) is 11.1 Å². The Labute approximate surface area is 174 Å². The molecule has 0 unspecified atom stereocenters. The summed E-state index contributed by atoms with van der Waals surface area (Å²) in [5, 5.41) is 19.9. The fourth-order valence-electron chi connectivity index (χ4n) is 4.02. The normalized spacial score (nSPS) is 11.6. The Bertz CT molecular complexity index is 1310. The molecule has 0 bridgehead atoms. The highest BCUT2D eigenvalue weighted by Crippen LogP contribution is 2.41. The van der Waals surface area contributed by atoms with Crippen LogP contribution in [0, 0.1) is 29.6 Å². The minimum atomic E-state index is -0.387. The smallest absolute Gasteiger partial charge is 0.269 e. The molecule has 2 aromatic carbocycles. The number of nitriles is 2. The topological polar surface area (TPSA) is 88.0 Å². The van der Waals surface area contributed by atoms with Crippen molar-refractivity contribution in [3.05, 3.63) is 69.0 Å². The standard InChI is InChI=1S/C24H19N3O3/c1-14-4-6-15(7-5-14)22-18(12-25)23-17-11-21(30-3)20(29-2)10-16(17)8-9-27(23)24(28)19(22)13-26/h4-7,10-11H,8-9H2,1-3H3. The lowest BCUT2D eigenvalue weighted by Gasteiger charge is -2.26. The van der Waals surface area contributed by atoms with E-state index in [0.717, 1.165) is 16.7 Å². The molecule has 1 aliphatic heterocycles. The fourth-order valence-corrected chi connectivity index (χ4v) is 4.02. The van der Waals surface area contributed by atoms with Crippen molar-refractivity contribution in [3.63, 3.8) is 0 Å². The van der Waals surface area contributed by atoms with Gasteiger partial charge in [-0.1, -0.05) is 29.8 Å². The molecule has 0 atom stereocenters. The minimum absolute atomic E-state index is 0.0110. The number of fused-ring (bicyclic) bond motifs is 3. The second-order valence-electron chi connectivity index (χ2n) is 7.13. The average molecular weight is 397 g/mol. The van der Waals surface area contributed by atoms with Gasteiger partial charge in [-0.3, -0.25) is 4.79 Å². The van der Waals surface area contributed by atoms with Gasteiger partial charge < -0.3 is 14.0 Å². The predicted molar refractivity (Wildman–Crippen MR) is 113 cm³/mol. The molecule has 0 radical (unpaired) electrons. The molecule has 0 spiro atoms. The summed E-state index contributed by atoms with van der Waals surface area (Å²) in [5.41, 5.74) is 4.22. The Balaban J connectivity index is 2.13. The van der Waals surface area contributed by atoms with Gasteiger partial charge in [0.15, 0.2) is 11.5 Å². The van der Waals surface area contributed by atoms with Crippen molar-refractivity contribution in [2.45, 2.75) is 19.9 Å². The van der Waals surface area contributed by atoms with Crippen molar-refractivity contribution in [2.24, 2.45) is 0 Å². The van der Waals surface area contributed by atoms with Gasteiger partial charge >= 0.3 is 0 Å². The highest BCUT2D eigenvalue weighted by molar-refractivity contribution is 5.86. The average Bonchev–Trinajstić information content (AvgIpc) is 2.78. The first-order valence-corrected chi connectivity index (χ1v) is 9.47. The summed E-state index contributed by atoms with van der Waals surface area (Å²) in [6.07, 6.45) is 0.586. The Hall–Kier alpha value is -4.03. The van der Waals surface area contributed by atoms with Crippen LogP contribution in [0.4, 0.5) is 0 Å². The molecule has 4 rings (SSSR count). The summed E-state index contributed by atoms with van der Waals surface area (Å²) < 4.78 is 12.4. The third-order valence-electron chi connectivity index (χ3n) is 5.50. The molecule has 0 N–H and O–H groups in total. The zero-order valence-electron chi connectivity index (χ0n) is 16.9. The molecule has 0 amide bonds. The van der Waals surface area contributed by atoms with Crippen LogP contribution < -0.4 is 15.0 Å². The molecule has 1 aromatic heterocycles. The lowest BCUT2D eigenvalue weighted by Crippen LogP contribution is -2.30. The van der Waals surface area contributed by atoms with Gasteiger partial charge in [0, 0.05) is 17.7 Å². The third-order valence-corrected chi connectivity index (χ3v) is 5.50. The maximum absolute atomic E-state index is 13.2. The van der Waals surface area contributed by atoms with Crippen LogP contribution in [0.2, 0.25) is 0 Å². The van der Waals surface area contributed by atoms with Crippen LogP contribution in [0.1, 0.15) is 22.3 Å². The Morgan fingerprint density at radius 1 is 0.967 bits per heavy atom. The monoisotopic (exact) mass is 397 g/mol. The van der Waals surface area contributed by atoms with Crippen LogP contribution >= 0.6 is 0 Å². The summed E-state index contributed by atoms with van der Waals surface area (Å²) in [5.74, 6) is 1.11. The van der Waals surface area contributed by atoms with Crippen molar-refractivity contribution < 1.29 is 9.47 Å². The number of hydrogen-bond acceptors (Lipinski definition) is 5. The van der Waals surface area contributed by atoms with Crippen LogP contribution in [0.3, 0.4) is 0 Å².